The van der Waals surface area contributed by atoms with Crippen LogP contribution in [-0.4, -0.2) is 68.7 Å². The molecule has 132 valence electrons. The lowest BCUT2D eigenvalue weighted by Crippen LogP contribution is -2.44. The fraction of sp³-hybridized carbons (Fsp3) is 0.923. The average molecular weight is 464 g/mol. The quantitative estimate of drug-likeness (QED) is 0.337. The molecule has 0 amide bonds. The monoisotopic (exact) mass is 464 g/mol. The van der Waals surface area contributed by atoms with E-state index >= 15 is 0 Å². The van der Waals surface area contributed by atoms with Crippen LogP contribution in [0.25, 0.3) is 0 Å². The topological polar surface area (TPSA) is 73.8 Å². The normalized spacial score (nSPS) is 17.2. The molecule has 1 aliphatic rings. The molecule has 9 heteroatoms. The number of halogens is 1. The Balaban J connectivity index is 0.00000441. The van der Waals surface area contributed by atoms with Gasteiger partial charge in [0.2, 0.25) is 10.0 Å². The molecule has 1 fully saturated rings. The molecule has 1 saturated heterocycles. The summed E-state index contributed by atoms with van der Waals surface area (Å²) in [6, 6.07) is 0. The van der Waals surface area contributed by atoms with Crippen LogP contribution in [0.5, 0.6) is 0 Å². The molecule has 0 bridgehead atoms. The summed E-state index contributed by atoms with van der Waals surface area (Å²) < 4.78 is 26.0. The first-order chi connectivity index (χ1) is 9.95. The van der Waals surface area contributed by atoms with Crippen molar-refractivity contribution < 1.29 is 8.42 Å². The van der Waals surface area contributed by atoms with E-state index in [2.05, 4.69) is 29.5 Å². The van der Waals surface area contributed by atoms with E-state index < -0.39 is 10.0 Å². The van der Waals surface area contributed by atoms with Crippen molar-refractivity contribution in [2.24, 2.45) is 10.9 Å². The van der Waals surface area contributed by atoms with E-state index in [1.807, 2.05) is 18.7 Å². The lowest BCUT2D eigenvalue weighted by molar-refractivity contribution is 0.443. The second-order valence-corrected chi connectivity index (χ2v) is 8.68. The minimum atomic E-state index is -3.15. The third-order valence-corrected chi connectivity index (χ3v) is 5.79. The maximum atomic E-state index is 12.2. The Bertz CT molecular complexity index is 424. The van der Waals surface area contributed by atoms with Gasteiger partial charge in [0.05, 0.1) is 5.75 Å². The molecule has 0 saturated carbocycles. The summed E-state index contributed by atoms with van der Waals surface area (Å²) in [6.07, 6.45) is 0. The van der Waals surface area contributed by atoms with Crippen molar-refractivity contribution in [3.05, 3.63) is 0 Å². The molecule has 0 atom stereocenters. The Morgan fingerprint density at radius 2 is 1.91 bits per heavy atom. The first-order valence-electron chi connectivity index (χ1n) is 7.53. The predicted molar refractivity (Wildman–Crippen MR) is 107 cm³/mol. The summed E-state index contributed by atoms with van der Waals surface area (Å²) in [5.74, 6) is 3.07. The minimum Gasteiger partial charge on any atom is -0.357 e. The molecule has 0 aromatic carbocycles. The molecule has 1 rings (SSSR count). The molecule has 0 unspecified atom stereocenters. The number of aliphatic imine (C=N–C) groups is 1. The van der Waals surface area contributed by atoms with Gasteiger partial charge in [0.25, 0.3) is 0 Å². The summed E-state index contributed by atoms with van der Waals surface area (Å²) in [6.45, 7) is 9.34. The second-order valence-electron chi connectivity index (χ2n) is 5.37. The molecule has 0 spiro atoms. The SMILES string of the molecule is CCNC(=NCC(C)C)NCCS(=O)(=O)N1CCSCC1.I. The minimum absolute atomic E-state index is 0. The van der Waals surface area contributed by atoms with Crippen LogP contribution in [0.15, 0.2) is 4.99 Å². The highest BCUT2D eigenvalue weighted by molar-refractivity contribution is 14.0. The average Bonchev–Trinajstić information content (AvgIpc) is 2.45. The zero-order valence-corrected chi connectivity index (χ0v) is 17.6. The van der Waals surface area contributed by atoms with Gasteiger partial charge in [-0.05, 0) is 12.8 Å². The predicted octanol–water partition coefficient (Wildman–Crippen LogP) is 1.19. The smallest absolute Gasteiger partial charge is 0.215 e. The summed E-state index contributed by atoms with van der Waals surface area (Å²) >= 11 is 1.81. The van der Waals surface area contributed by atoms with Crippen molar-refractivity contribution >= 4 is 51.7 Å². The van der Waals surface area contributed by atoms with Gasteiger partial charge in [-0.15, -0.1) is 24.0 Å². The highest BCUT2D eigenvalue weighted by Crippen LogP contribution is 2.12. The fourth-order valence-electron chi connectivity index (χ4n) is 1.87. The van der Waals surface area contributed by atoms with Gasteiger partial charge in [-0.3, -0.25) is 4.99 Å². The number of sulfonamides is 1. The van der Waals surface area contributed by atoms with Crippen LogP contribution in [0.3, 0.4) is 0 Å². The van der Waals surface area contributed by atoms with Gasteiger partial charge in [0.15, 0.2) is 5.96 Å². The van der Waals surface area contributed by atoms with E-state index in [0.717, 1.165) is 24.6 Å². The maximum Gasteiger partial charge on any atom is 0.215 e. The van der Waals surface area contributed by atoms with Gasteiger partial charge in [0.1, 0.15) is 0 Å². The number of nitrogens with zero attached hydrogens (tertiary/aromatic N) is 2. The van der Waals surface area contributed by atoms with Crippen molar-refractivity contribution in [1.29, 1.82) is 0 Å². The molecule has 0 aromatic heterocycles. The van der Waals surface area contributed by atoms with Crippen molar-refractivity contribution in [1.82, 2.24) is 14.9 Å². The molecule has 2 N–H and O–H groups in total. The number of nitrogens with one attached hydrogen (secondary N) is 2. The van der Waals surface area contributed by atoms with Gasteiger partial charge in [-0.1, -0.05) is 13.8 Å². The Kier molecular flexibility index (Phi) is 11.9. The van der Waals surface area contributed by atoms with Crippen molar-refractivity contribution in [2.45, 2.75) is 20.8 Å². The summed E-state index contributed by atoms with van der Waals surface area (Å²) in [5, 5.41) is 6.23. The number of thioether (sulfide) groups is 1. The fourth-order valence-corrected chi connectivity index (χ4v) is 4.36. The highest BCUT2D eigenvalue weighted by Gasteiger charge is 2.23. The van der Waals surface area contributed by atoms with Crippen LogP contribution in [-0.2, 0) is 10.0 Å². The number of rotatable bonds is 7. The summed E-state index contributed by atoms with van der Waals surface area (Å²) in [7, 11) is -3.15. The van der Waals surface area contributed by atoms with Crippen LogP contribution in [0.1, 0.15) is 20.8 Å². The van der Waals surface area contributed by atoms with Crippen LogP contribution in [0, 0.1) is 5.92 Å². The van der Waals surface area contributed by atoms with Crippen molar-refractivity contribution in [3.8, 4) is 0 Å². The van der Waals surface area contributed by atoms with E-state index in [-0.39, 0.29) is 29.7 Å². The molecule has 0 aliphatic carbocycles. The molecule has 1 aliphatic heterocycles. The van der Waals surface area contributed by atoms with E-state index in [9.17, 15) is 8.42 Å². The van der Waals surface area contributed by atoms with Gasteiger partial charge in [-0.25, -0.2) is 12.7 Å². The first kappa shape index (κ1) is 22.3. The van der Waals surface area contributed by atoms with Crippen LogP contribution in [0.2, 0.25) is 0 Å². The van der Waals surface area contributed by atoms with Crippen LogP contribution in [0.4, 0.5) is 0 Å². The summed E-state index contributed by atoms with van der Waals surface area (Å²) in [5.41, 5.74) is 0. The zero-order chi connectivity index (χ0) is 15.7. The molecule has 22 heavy (non-hydrogen) atoms. The second kappa shape index (κ2) is 11.7. The van der Waals surface area contributed by atoms with Gasteiger partial charge < -0.3 is 10.6 Å². The van der Waals surface area contributed by atoms with Gasteiger partial charge in [-0.2, -0.15) is 11.8 Å². The van der Waals surface area contributed by atoms with E-state index in [1.54, 1.807) is 4.31 Å². The lowest BCUT2D eigenvalue weighted by Gasteiger charge is -2.25. The van der Waals surface area contributed by atoms with Crippen molar-refractivity contribution in [3.63, 3.8) is 0 Å². The number of hydrogen-bond donors (Lipinski definition) is 2. The number of hydrogen-bond acceptors (Lipinski definition) is 4. The van der Waals surface area contributed by atoms with Gasteiger partial charge in [0, 0.05) is 44.2 Å². The lowest BCUT2D eigenvalue weighted by atomic mass is 10.2. The van der Waals surface area contributed by atoms with E-state index in [0.29, 0.717) is 31.5 Å². The number of guanidine groups is 1. The molecular weight excluding hydrogens is 435 g/mol. The molecular formula is C13H29IN4O2S2. The maximum absolute atomic E-state index is 12.2. The zero-order valence-electron chi connectivity index (χ0n) is 13.7. The molecule has 6 nitrogen and oxygen atoms in total. The van der Waals surface area contributed by atoms with E-state index in [1.165, 1.54) is 0 Å². The molecule has 0 radical (unpaired) electrons. The Hall–Kier alpha value is 0.260. The third kappa shape index (κ3) is 8.78. The van der Waals surface area contributed by atoms with E-state index in [4.69, 9.17) is 0 Å². The Labute approximate surface area is 156 Å². The van der Waals surface area contributed by atoms with Crippen LogP contribution >= 0.6 is 35.7 Å². The Morgan fingerprint density at radius 1 is 1.27 bits per heavy atom. The standard InChI is InChI=1S/C13H28N4O2S2.HI/c1-4-14-13(16-11-12(2)3)15-5-10-21(18,19)17-6-8-20-9-7-17;/h12H,4-11H2,1-3H3,(H2,14,15,16);1H. The van der Waals surface area contributed by atoms with Crippen molar-refractivity contribution in [2.75, 3.05) is 50.0 Å². The highest BCUT2D eigenvalue weighted by atomic mass is 127. The third-order valence-electron chi connectivity index (χ3n) is 2.97. The van der Waals surface area contributed by atoms with Gasteiger partial charge >= 0.3 is 0 Å². The molecule has 0 aromatic rings. The largest absolute Gasteiger partial charge is 0.357 e. The summed E-state index contributed by atoms with van der Waals surface area (Å²) in [4.78, 5) is 4.43. The Morgan fingerprint density at radius 3 is 2.45 bits per heavy atom. The first-order valence-corrected chi connectivity index (χ1v) is 10.3. The van der Waals surface area contributed by atoms with Crippen LogP contribution < -0.4 is 10.6 Å². The molecule has 1 heterocycles.